The molecule has 0 aromatic heterocycles. The Hall–Kier alpha value is -0.610. The number of rotatable bonds is 4. The molecule has 2 saturated heterocycles. The van der Waals surface area contributed by atoms with E-state index in [1.165, 1.54) is 12.8 Å². The maximum absolute atomic E-state index is 12.3. The smallest absolute Gasteiger partial charge is 0.222 e. The van der Waals surface area contributed by atoms with Gasteiger partial charge >= 0.3 is 0 Å². The predicted molar refractivity (Wildman–Crippen MR) is 71.2 cm³/mol. The Labute approximate surface area is 110 Å². The van der Waals surface area contributed by atoms with E-state index in [1.807, 2.05) is 4.90 Å². The van der Waals surface area contributed by atoms with Crippen LogP contribution < -0.4 is 5.73 Å². The first-order valence-electron chi connectivity index (χ1n) is 7.42. The van der Waals surface area contributed by atoms with Gasteiger partial charge in [-0.15, -0.1) is 0 Å². The molecule has 2 fully saturated rings. The fourth-order valence-electron chi connectivity index (χ4n) is 3.05. The molecule has 0 aliphatic carbocycles. The summed E-state index contributed by atoms with van der Waals surface area (Å²) in [6.07, 6.45) is 8.72. The number of ether oxygens (including phenoxy) is 1. The van der Waals surface area contributed by atoms with Crippen LogP contribution in [-0.2, 0) is 9.53 Å². The van der Waals surface area contributed by atoms with E-state index in [1.54, 1.807) is 0 Å². The Balaban J connectivity index is 1.80. The highest BCUT2D eigenvalue weighted by Crippen LogP contribution is 2.20. The largest absolute Gasteiger partial charge is 0.378 e. The average Bonchev–Trinajstić information content (AvgIpc) is 2.79. The van der Waals surface area contributed by atoms with Crippen LogP contribution in [0.1, 0.15) is 51.4 Å². The molecule has 0 aromatic rings. The van der Waals surface area contributed by atoms with Gasteiger partial charge in [0.05, 0.1) is 6.10 Å². The zero-order chi connectivity index (χ0) is 12.8. The molecule has 2 aliphatic heterocycles. The molecule has 2 rings (SSSR count). The van der Waals surface area contributed by atoms with E-state index >= 15 is 0 Å². The van der Waals surface area contributed by atoms with Gasteiger partial charge in [0, 0.05) is 32.2 Å². The van der Waals surface area contributed by atoms with E-state index in [0.717, 1.165) is 45.3 Å². The molecule has 4 nitrogen and oxygen atoms in total. The molecule has 0 aromatic carbocycles. The molecule has 2 heterocycles. The van der Waals surface area contributed by atoms with Gasteiger partial charge in [0.1, 0.15) is 0 Å². The summed E-state index contributed by atoms with van der Waals surface area (Å²) < 4.78 is 5.57. The highest BCUT2D eigenvalue weighted by Gasteiger charge is 2.25. The van der Waals surface area contributed by atoms with Gasteiger partial charge in [-0.05, 0) is 32.1 Å². The number of likely N-dealkylation sites (tertiary alicyclic amines) is 1. The van der Waals surface area contributed by atoms with Gasteiger partial charge in [0.25, 0.3) is 0 Å². The fraction of sp³-hybridized carbons (Fsp3) is 0.929. The number of hydrogen-bond donors (Lipinski definition) is 1. The van der Waals surface area contributed by atoms with Crippen molar-refractivity contribution in [3.05, 3.63) is 0 Å². The monoisotopic (exact) mass is 254 g/mol. The van der Waals surface area contributed by atoms with Crippen LogP contribution in [0.2, 0.25) is 0 Å². The molecular weight excluding hydrogens is 228 g/mol. The minimum Gasteiger partial charge on any atom is -0.378 e. The van der Waals surface area contributed by atoms with Gasteiger partial charge < -0.3 is 15.4 Å². The third-order valence-corrected chi connectivity index (χ3v) is 4.17. The van der Waals surface area contributed by atoms with E-state index in [9.17, 15) is 4.79 Å². The third-order valence-electron chi connectivity index (χ3n) is 4.17. The summed E-state index contributed by atoms with van der Waals surface area (Å²) in [5.74, 6) is 0.280. The fourth-order valence-corrected chi connectivity index (χ4v) is 3.05. The van der Waals surface area contributed by atoms with Gasteiger partial charge in [-0.25, -0.2) is 0 Å². The number of carbonyl (C=O) groups excluding carboxylic acids is 1. The number of nitrogens with two attached hydrogens (primary N) is 1. The quantitative estimate of drug-likeness (QED) is 0.830. The molecule has 0 spiro atoms. The van der Waals surface area contributed by atoms with Crippen molar-refractivity contribution in [2.75, 3.05) is 19.7 Å². The molecule has 2 atom stereocenters. The lowest BCUT2D eigenvalue weighted by Crippen LogP contribution is -2.44. The summed E-state index contributed by atoms with van der Waals surface area (Å²) in [6, 6.07) is 0.268. The second-order valence-corrected chi connectivity index (χ2v) is 5.50. The first-order valence-corrected chi connectivity index (χ1v) is 7.42. The topological polar surface area (TPSA) is 55.6 Å². The molecule has 18 heavy (non-hydrogen) atoms. The number of hydrogen-bond acceptors (Lipinski definition) is 3. The molecule has 2 unspecified atom stereocenters. The predicted octanol–water partition coefficient (Wildman–Crippen LogP) is 1.68. The Kier molecular flexibility index (Phi) is 5.45. The summed E-state index contributed by atoms with van der Waals surface area (Å²) in [5.41, 5.74) is 5.80. The van der Waals surface area contributed by atoms with Gasteiger partial charge in [-0.2, -0.15) is 0 Å². The van der Waals surface area contributed by atoms with E-state index in [4.69, 9.17) is 10.5 Å². The van der Waals surface area contributed by atoms with Gasteiger partial charge in [0.15, 0.2) is 0 Å². The van der Waals surface area contributed by atoms with Crippen molar-refractivity contribution in [1.29, 1.82) is 0 Å². The highest BCUT2D eigenvalue weighted by molar-refractivity contribution is 5.76. The third kappa shape index (κ3) is 3.69. The van der Waals surface area contributed by atoms with Crippen LogP contribution in [0.4, 0.5) is 0 Å². The van der Waals surface area contributed by atoms with Crippen molar-refractivity contribution < 1.29 is 9.53 Å². The molecule has 4 heteroatoms. The van der Waals surface area contributed by atoms with Crippen molar-refractivity contribution in [2.45, 2.75) is 63.5 Å². The number of nitrogens with zero attached hydrogens (tertiary/aromatic N) is 1. The van der Waals surface area contributed by atoms with Crippen LogP contribution in [0.3, 0.4) is 0 Å². The van der Waals surface area contributed by atoms with Gasteiger partial charge in [-0.1, -0.05) is 12.8 Å². The molecule has 2 N–H and O–H groups in total. The summed E-state index contributed by atoms with van der Waals surface area (Å²) in [6.45, 7) is 2.37. The van der Waals surface area contributed by atoms with Crippen molar-refractivity contribution in [3.8, 4) is 0 Å². The average molecular weight is 254 g/mol. The van der Waals surface area contributed by atoms with Crippen LogP contribution in [0.25, 0.3) is 0 Å². The van der Waals surface area contributed by atoms with E-state index < -0.39 is 0 Å². The summed E-state index contributed by atoms with van der Waals surface area (Å²) >= 11 is 0. The molecule has 104 valence electrons. The minimum atomic E-state index is 0.268. The first kappa shape index (κ1) is 13.8. The standard InChI is InChI=1S/C14H26N2O2/c15-11-12-5-2-1-3-9-16(12)14(17)8-7-13-6-4-10-18-13/h12-13H,1-11,15H2. The maximum Gasteiger partial charge on any atom is 0.222 e. The summed E-state index contributed by atoms with van der Waals surface area (Å²) in [7, 11) is 0. The van der Waals surface area contributed by atoms with Crippen LogP contribution in [0.5, 0.6) is 0 Å². The highest BCUT2D eigenvalue weighted by atomic mass is 16.5. The summed E-state index contributed by atoms with van der Waals surface area (Å²) in [4.78, 5) is 14.3. The van der Waals surface area contributed by atoms with E-state index in [2.05, 4.69) is 0 Å². The van der Waals surface area contributed by atoms with E-state index in [0.29, 0.717) is 19.1 Å². The minimum absolute atomic E-state index is 0.268. The van der Waals surface area contributed by atoms with E-state index in [-0.39, 0.29) is 11.9 Å². The Bertz CT molecular complexity index is 265. The number of carbonyl (C=O) groups is 1. The van der Waals surface area contributed by atoms with Gasteiger partial charge in [-0.3, -0.25) is 4.79 Å². The maximum atomic E-state index is 12.3. The lowest BCUT2D eigenvalue weighted by molar-refractivity contribution is -0.133. The zero-order valence-corrected chi connectivity index (χ0v) is 11.3. The van der Waals surface area contributed by atoms with Crippen molar-refractivity contribution in [1.82, 2.24) is 4.90 Å². The molecule has 1 amide bonds. The Morgan fingerprint density at radius 2 is 2.11 bits per heavy atom. The van der Waals surface area contributed by atoms with Gasteiger partial charge in [0.2, 0.25) is 5.91 Å². The van der Waals surface area contributed by atoms with Crippen LogP contribution >= 0.6 is 0 Å². The van der Waals surface area contributed by atoms with Crippen molar-refractivity contribution >= 4 is 5.91 Å². The molecule has 0 radical (unpaired) electrons. The zero-order valence-electron chi connectivity index (χ0n) is 11.3. The number of amides is 1. The first-order chi connectivity index (χ1) is 8.81. The lowest BCUT2D eigenvalue weighted by atomic mass is 10.1. The van der Waals surface area contributed by atoms with Crippen molar-refractivity contribution in [3.63, 3.8) is 0 Å². The molecule has 2 aliphatic rings. The van der Waals surface area contributed by atoms with Crippen LogP contribution in [0.15, 0.2) is 0 Å². The van der Waals surface area contributed by atoms with Crippen LogP contribution in [-0.4, -0.2) is 42.6 Å². The Morgan fingerprint density at radius 3 is 2.83 bits per heavy atom. The van der Waals surface area contributed by atoms with Crippen LogP contribution in [0, 0.1) is 0 Å². The summed E-state index contributed by atoms with van der Waals surface area (Å²) in [5, 5.41) is 0. The second-order valence-electron chi connectivity index (χ2n) is 5.50. The Morgan fingerprint density at radius 1 is 1.22 bits per heavy atom. The van der Waals surface area contributed by atoms with Crippen molar-refractivity contribution in [2.24, 2.45) is 5.73 Å². The normalized spacial score (nSPS) is 29.3. The molecule has 0 saturated carbocycles. The lowest BCUT2D eigenvalue weighted by Gasteiger charge is -2.29. The molecular formula is C14H26N2O2. The molecule has 0 bridgehead atoms. The SMILES string of the molecule is NCC1CCCCCN1C(=O)CCC1CCCO1. The second kappa shape index (κ2) is 7.10.